The van der Waals surface area contributed by atoms with Crippen LogP contribution in [0.15, 0.2) is 29.1 Å². The van der Waals surface area contributed by atoms with Crippen LogP contribution in [0.2, 0.25) is 0 Å². The van der Waals surface area contributed by atoms with Crippen LogP contribution in [0, 0.1) is 11.3 Å². The van der Waals surface area contributed by atoms with E-state index in [4.69, 9.17) is 5.26 Å². The van der Waals surface area contributed by atoms with Gasteiger partial charge in [0.05, 0.1) is 23.5 Å². The minimum Gasteiger partial charge on any atom is -0.319 e. The second kappa shape index (κ2) is 3.30. The van der Waals surface area contributed by atoms with Crippen molar-refractivity contribution in [1.29, 1.82) is 5.26 Å². The summed E-state index contributed by atoms with van der Waals surface area (Å²) in [6, 6.07) is 9.14. The van der Waals surface area contributed by atoms with Crippen LogP contribution in [0.1, 0.15) is 5.69 Å². The Balaban J connectivity index is 2.72. The Morgan fingerprint density at radius 1 is 1.43 bits per heavy atom. The predicted octanol–water partition coefficient (Wildman–Crippen LogP) is 0.989. The molecule has 68 valence electrons. The van der Waals surface area contributed by atoms with Gasteiger partial charge in [0.15, 0.2) is 0 Å². The number of nitrogens with zero attached hydrogens (tertiary/aromatic N) is 2. The first-order valence-electron chi connectivity index (χ1n) is 4.16. The Kier molecular flexibility index (Phi) is 1.99. The van der Waals surface area contributed by atoms with Gasteiger partial charge in [-0.05, 0) is 12.1 Å². The van der Waals surface area contributed by atoms with Crippen molar-refractivity contribution >= 4 is 11.0 Å². The van der Waals surface area contributed by atoms with Gasteiger partial charge >= 0.3 is 0 Å². The van der Waals surface area contributed by atoms with Gasteiger partial charge in [0.25, 0.3) is 5.56 Å². The number of aromatic amines is 1. The summed E-state index contributed by atoms with van der Waals surface area (Å²) in [6.07, 6.45) is 0.0418. The second-order valence-corrected chi connectivity index (χ2v) is 2.86. The highest BCUT2D eigenvalue weighted by Crippen LogP contribution is 2.05. The van der Waals surface area contributed by atoms with Crippen molar-refractivity contribution < 1.29 is 0 Å². The average molecular weight is 185 g/mol. The van der Waals surface area contributed by atoms with E-state index in [9.17, 15) is 4.79 Å². The molecule has 0 aliphatic rings. The molecule has 0 spiro atoms. The van der Waals surface area contributed by atoms with Crippen LogP contribution in [0.5, 0.6) is 0 Å². The Morgan fingerprint density at radius 2 is 2.21 bits per heavy atom. The highest BCUT2D eigenvalue weighted by atomic mass is 16.1. The van der Waals surface area contributed by atoms with Gasteiger partial charge in [0.1, 0.15) is 5.69 Å². The van der Waals surface area contributed by atoms with E-state index in [0.29, 0.717) is 11.0 Å². The number of rotatable bonds is 1. The van der Waals surface area contributed by atoms with Gasteiger partial charge in [-0.25, -0.2) is 4.98 Å². The fourth-order valence-electron chi connectivity index (χ4n) is 1.26. The van der Waals surface area contributed by atoms with Gasteiger partial charge in [0, 0.05) is 0 Å². The molecule has 0 aliphatic heterocycles. The first-order chi connectivity index (χ1) is 6.81. The Labute approximate surface area is 79.8 Å². The summed E-state index contributed by atoms with van der Waals surface area (Å²) < 4.78 is 0. The first kappa shape index (κ1) is 8.45. The van der Waals surface area contributed by atoms with Crippen molar-refractivity contribution in [3.05, 3.63) is 40.3 Å². The van der Waals surface area contributed by atoms with Gasteiger partial charge in [-0.3, -0.25) is 4.79 Å². The number of nitriles is 1. The van der Waals surface area contributed by atoms with Crippen LogP contribution in [-0.4, -0.2) is 9.97 Å². The van der Waals surface area contributed by atoms with E-state index in [1.54, 1.807) is 12.1 Å². The highest BCUT2D eigenvalue weighted by Gasteiger charge is 2.02. The average Bonchev–Trinajstić information content (AvgIpc) is 2.19. The minimum absolute atomic E-state index is 0.0418. The van der Waals surface area contributed by atoms with Crippen molar-refractivity contribution in [3.8, 4) is 6.07 Å². The number of hydrogen-bond acceptors (Lipinski definition) is 3. The van der Waals surface area contributed by atoms with E-state index in [1.807, 2.05) is 18.2 Å². The molecule has 0 saturated heterocycles. The van der Waals surface area contributed by atoms with Gasteiger partial charge in [-0.1, -0.05) is 12.1 Å². The standard InChI is InChI=1S/C10H7N3O/c11-6-5-9-10(14)13-8-4-2-1-3-7(8)12-9/h1-4H,5H2,(H,13,14). The third-order valence-corrected chi connectivity index (χ3v) is 1.92. The molecule has 0 bridgehead atoms. The molecule has 0 aliphatic carbocycles. The number of para-hydroxylation sites is 2. The van der Waals surface area contributed by atoms with Gasteiger partial charge in [-0.15, -0.1) is 0 Å². The summed E-state index contributed by atoms with van der Waals surface area (Å²) in [5, 5.41) is 8.47. The summed E-state index contributed by atoms with van der Waals surface area (Å²) in [5.74, 6) is 0. The quantitative estimate of drug-likeness (QED) is 0.720. The lowest BCUT2D eigenvalue weighted by Gasteiger charge is -1.97. The number of hydrogen-bond donors (Lipinski definition) is 1. The fourth-order valence-corrected chi connectivity index (χ4v) is 1.26. The van der Waals surface area contributed by atoms with Crippen molar-refractivity contribution in [2.75, 3.05) is 0 Å². The van der Waals surface area contributed by atoms with Gasteiger partial charge < -0.3 is 4.98 Å². The summed E-state index contributed by atoms with van der Waals surface area (Å²) in [6.45, 7) is 0. The molecule has 0 fully saturated rings. The van der Waals surface area contributed by atoms with Crippen LogP contribution in [0.4, 0.5) is 0 Å². The molecule has 14 heavy (non-hydrogen) atoms. The molecule has 1 heterocycles. The van der Waals surface area contributed by atoms with Crippen molar-refractivity contribution in [3.63, 3.8) is 0 Å². The van der Waals surface area contributed by atoms with E-state index in [-0.39, 0.29) is 17.7 Å². The molecule has 4 heteroatoms. The molecule has 0 unspecified atom stereocenters. The molecular weight excluding hydrogens is 178 g/mol. The Morgan fingerprint density at radius 3 is 3.00 bits per heavy atom. The normalized spacial score (nSPS) is 9.93. The number of fused-ring (bicyclic) bond motifs is 1. The molecule has 0 radical (unpaired) electrons. The minimum atomic E-state index is -0.287. The lowest BCUT2D eigenvalue weighted by molar-refractivity contribution is 1.06. The molecule has 1 aromatic heterocycles. The maximum atomic E-state index is 11.4. The monoisotopic (exact) mass is 185 g/mol. The number of nitrogens with one attached hydrogen (secondary N) is 1. The van der Waals surface area contributed by atoms with E-state index in [2.05, 4.69) is 9.97 Å². The molecule has 2 rings (SSSR count). The lowest BCUT2D eigenvalue weighted by Crippen LogP contribution is -2.14. The molecule has 0 saturated carbocycles. The fraction of sp³-hybridized carbons (Fsp3) is 0.100. The van der Waals surface area contributed by atoms with Crippen LogP contribution < -0.4 is 5.56 Å². The number of aromatic nitrogens is 2. The largest absolute Gasteiger partial charge is 0.319 e. The Bertz CT molecular complexity index is 565. The summed E-state index contributed by atoms with van der Waals surface area (Å²) >= 11 is 0. The van der Waals surface area contributed by atoms with E-state index in [0.717, 1.165) is 0 Å². The highest BCUT2D eigenvalue weighted by molar-refractivity contribution is 5.73. The van der Waals surface area contributed by atoms with Gasteiger partial charge in [0.2, 0.25) is 0 Å². The maximum Gasteiger partial charge on any atom is 0.271 e. The molecule has 2 aromatic rings. The van der Waals surface area contributed by atoms with Crippen LogP contribution in [0.25, 0.3) is 11.0 Å². The predicted molar refractivity (Wildman–Crippen MR) is 51.7 cm³/mol. The lowest BCUT2D eigenvalue weighted by atomic mass is 10.2. The van der Waals surface area contributed by atoms with Crippen LogP contribution >= 0.6 is 0 Å². The summed E-state index contributed by atoms with van der Waals surface area (Å²) in [5.41, 5.74) is 1.38. The molecular formula is C10H7N3O. The first-order valence-corrected chi connectivity index (χ1v) is 4.16. The van der Waals surface area contributed by atoms with E-state index >= 15 is 0 Å². The molecule has 4 nitrogen and oxygen atoms in total. The van der Waals surface area contributed by atoms with Crippen molar-refractivity contribution in [1.82, 2.24) is 9.97 Å². The zero-order chi connectivity index (χ0) is 9.97. The zero-order valence-electron chi connectivity index (χ0n) is 7.32. The van der Waals surface area contributed by atoms with Crippen LogP contribution in [-0.2, 0) is 6.42 Å². The maximum absolute atomic E-state index is 11.4. The number of benzene rings is 1. The van der Waals surface area contributed by atoms with E-state index in [1.165, 1.54) is 0 Å². The number of H-pyrrole nitrogens is 1. The molecule has 1 N–H and O–H groups in total. The third-order valence-electron chi connectivity index (χ3n) is 1.92. The van der Waals surface area contributed by atoms with E-state index < -0.39 is 0 Å². The van der Waals surface area contributed by atoms with Crippen LogP contribution in [0.3, 0.4) is 0 Å². The third kappa shape index (κ3) is 1.36. The summed E-state index contributed by atoms with van der Waals surface area (Å²) in [4.78, 5) is 18.1. The smallest absolute Gasteiger partial charge is 0.271 e. The molecule has 0 amide bonds. The zero-order valence-corrected chi connectivity index (χ0v) is 7.32. The van der Waals surface area contributed by atoms with Crippen molar-refractivity contribution in [2.24, 2.45) is 0 Å². The SMILES string of the molecule is N#CCc1nc2ccccc2[nH]c1=O. The second-order valence-electron chi connectivity index (χ2n) is 2.86. The van der Waals surface area contributed by atoms with Gasteiger partial charge in [-0.2, -0.15) is 5.26 Å². The molecule has 1 aromatic carbocycles. The topological polar surface area (TPSA) is 69.5 Å². The Hall–Kier alpha value is -2.15. The molecule has 0 atom stereocenters. The van der Waals surface area contributed by atoms with Crippen molar-refractivity contribution in [2.45, 2.75) is 6.42 Å². The summed E-state index contributed by atoms with van der Waals surface area (Å²) in [7, 11) is 0.